The zero-order valence-electron chi connectivity index (χ0n) is 12.5. The minimum Gasteiger partial charge on any atom is -0.493 e. The Morgan fingerprint density at radius 1 is 1.00 bits per heavy atom. The van der Waals surface area contributed by atoms with Crippen LogP contribution in [0.5, 0.6) is 5.75 Å². The second kappa shape index (κ2) is 6.10. The van der Waals surface area contributed by atoms with Crippen LogP contribution < -0.4 is 9.64 Å². The molecular weight excluding hydrogens is 264 g/mol. The number of aromatic nitrogens is 2. The first kappa shape index (κ1) is 13.8. The van der Waals surface area contributed by atoms with Crippen molar-refractivity contribution in [1.82, 2.24) is 15.1 Å². The van der Waals surface area contributed by atoms with Gasteiger partial charge in [0.25, 0.3) is 0 Å². The van der Waals surface area contributed by atoms with Gasteiger partial charge in [-0.1, -0.05) is 30.3 Å². The SMILES string of the molecule is COc1cc(-c2ccccc2)nnc1N1CCN(C)CC1. The number of anilines is 1. The Labute approximate surface area is 125 Å². The summed E-state index contributed by atoms with van der Waals surface area (Å²) in [5.74, 6) is 1.62. The summed E-state index contributed by atoms with van der Waals surface area (Å²) >= 11 is 0. The van der Waals surface area contributed by atoms with E-state index in [0.29, 0.717) is 0 Å². The van der Waals surface area contributed by atoms with Crippen molar-refractivity contribution in [2.24, 2.45) is 0 Å². The van der Waals surface area contributed by atoms with Crippen molar-refractivity contribution in [2.75, 3.05) is 45.2 Å². The number of hydrogen-bond acceptors (Lipinski definition) is 5. The average Bonchev–Trinajstić information content (AvgIpc) is 2.56. The molecule has 110 valence electrons. The fourth-order valence-corrected chi connectivity index (χ4v) is 2.51. The Kier molecular flexibility index (Phi) is 4.01. The van der Waals surface area contributed by atoms with Gasteiger partial charge in [0.05, 0.1) is 12.8 Å². The lowest BCUT2D eigenvalue weighted by molar-refractivity contribution is 0.309. The maximum absolute atomic E-state index is 5.53. The van der Waals surface area contributed by atoms with E-state index in [1.54, 1.807) is 7.11 Å². The maximum atomic E-state index is 5.53. The van der Waals surface area contributed by atoms with Gasteiger partial charge in [-0.15, -0.1) is 10.2 Å². The Bertz CT molecular complexity index is 594. The highest BCUT2D eigenvalue weighted by molar-refractivity contribution is 5.64. The van der Waals surface area contributed by atoms with Crippen molar-refractivity contribution in [1.29, 1.82) is 0 Å². The molecule has 1 fully saturated rings. The molecule has 1 aliphatic rings. The molecule has 2 heterocycles. The fourth-order valence-electron chi connectivity index (χ4n) is 2.51. The molecule has 0 amide bonds. The normalized spacial score (nSPS) is 16.0. The van der Waals surface area contributed by atoms with E-state index in [9.17, 15) is 0 Å². The number of benzene rings is 1. The first-order valence-corrected chi connectivity index (χ1v) is 7.18. The van der Waals surface area contributed by atoms with Crippen molar-refractivity contribution < 1.29 is 4.74 Å². The number of likely N-dealkylation sites (N-methyl/N-ethyl adjacent to an activating group) is 1. The first-order chi connectivity index (χ1) is 10.3. The van der Waals surface area contributed by atoms with Crippen LogP contribution in [0.1, 0.15) is 0 Å². The van der Waals surface area contributed by atoms with Gasteiger partial charge in [-0.2, -0.15) is 0 Å². The Morgan fingerprint density at radius 2 is 1.71 bits per heavy atom. The number of hydrogen-bond donors (Lipinski definition) is 0. The molecule has 1 saturated heterocycles. The molecule has 5 heteroatoms. The molecule has 21 heavy (non-hydrogen) atoms. The molecule has 0 radical (unpaired) electrons. The lowest BCUT2D eigenvalue weighted by Crippen LogP contribution is -2.45. The molecule has 0 atom stereocenters. The second-order valence-corrected chi connectivity index (χ2v) is 5.28. The van der Waals surface area contributed by atoms with Gasteiger partial charge in [0, 0.05) is 37.8 Å². The van der Waals surface area contributed by atoms with Gasteiger partial charge in [0.15, 0.2) is 11.6 Å². The Balaban J connectivity index is 1.89. The van der Waals surface area contributed by atoms with Crippen LogP contribution in [0.25, 0.3) is 11.3 Å². The summed E-state index contributed by atoms with van der Waals surface area (Å²) in [5, 5.41) is 8.77. The summed E-state index contributed by atoms with van der Waals surface area (Å²) in [7, 11) is 3.82. The Hall–Kier alpha value is -2.14. The molecule has 0 spiro atoms. The summed E-state index contributed by atoms with van der Waals surface area (Å²) in [6.07, 6.45) is 0. The van der Waals surface area contributed by atoms with Crippen molar-refractivity contribution in [3.05, 3.63) is 36.4 Å². The molecule has 3 rings (SSSR count). The predicted molar refractivity (Wildman–Crippen MR) is 83.7 cm³/mol. The molecule has 0 saturated carbocycles. The molecule has 1 aliphatic heterocycles. The quantitative estimate of drug-likeness (QED) is 0.861. The Morgan fingerprint density at radius 3 is 2.38 bits per heavy atom. The second-order valence-electron chi connectivity index (χ2n) is 5.28. The zero-order chi connectivity index (χ0) is 14.7. The zero-order valence-corrected chi connectivity index (χ0v) is 12.5. The molecule has 1 aromatic carbocycles. The largest absolute Gasteiger partial charge is 0.493 e. The van der Waals surface area contributed by atoms with E-state index in [-0.39, 0.29) is 0 Å². The van der Waals surface area contributed by atoms with Crippen LogP contribution in [0, 0.1) is 0 Å². The van der Waals surface area contributed by atoms with Crippen molar-refractivity contribution in [3.63, 3.8) is 0 Å². The molecule has 5 nitrogen and oxygen atoms in total. The van der Waals surface area contributed by atoms with E-state index < -0.39 is 0 Å². The third-order valence-corrected chi connectivity index (χ3v) is 3.83. The summed E-state index contributed by atoms with van der Waals surface area (Å²) in [6.45, 7) is 3.97. The van der Waals surface area contributed by atoms with Gasteiger partial charge < -0.3 is 14.5 Å². The van der Waals surface area contributed by atoms with Gasteiger partial charge in [-0.3, -0.25) is 0 Å². The number of methoxy groups -OCH3 is 1. The lowest BCUT2D eigenvalue weighted by Gasteiger charge is -2.33. The summed E-state index contributed by atoms with van der Waals surface area (Å²) in [4.78, 5) is 4.55. The maximum Gasteiger partial charge on any atom is 0.193 e. The summed E-state index contributed by atoms with van der Waals surface area (Å²) < 4.78 is 5.53. The van der Waals surface area contributed by atoms with E-state index in [4.69, 9.17) is 4.74 Å². The van der Waals surface area contributed by atoms with Crippen molar-refractivity contribution in [3.8, 4) is 17.0 Å². The van der Waals surface area contributed by atoms with E-state index in [0.717, 1.165) is 49.0 Å². The van der Waals surface area contributed by atoms with Crippen LogP contribution in [0.3, 0.4) is 0 Å². The molecule has 0 bridgehead atoms. The van der Waals surface area contributed by atoms with E-state index >= 15 is 0 Å². The van der Waals surface area contributed by atoms with Gasteiger partial charge in [0.2, 0.25) is 0 Å². The number of piperazine rings is 1. The van der Waals surface area contributed by atoms with Crippen LogP contribution in [-0.2, 0) is 0 Å². The van der Waals surface area contributed by atoms with Crippen LogP contribution in [0.4, 0.5) is 5.82 Å². The van der Waals surface area contributed by atoms with Crippen LogP contribution in [0.15, 0.2) is 36.4 Å². The highest BCUT2D eigenvalue weighted by Crippen LogP contribution is 2.29. The molecule has 1 aromatic heterocycles. The van der Waals surface area contributed by atoms with Crippen LogP contribution in [-0.4, -0.2) is 55.4 Å². The highest BCUT2D eigenvalue weighted by atomic mass is 16.5. The third kappa shape index (κ3) is 2.97. The molecular formula is C16H20N4O. The van der Waals surface area contributed by atoms with Gasteiger partial charge in [0.1, 0.15) is 0 Å². The van der Waals surface area contributed by atoms with Gasteiger partial charge in [-0.25, -0.2) is 0 Å². The molecule has 2 aromatic rings. The van der Waals surface area contributed by atoms with E-state index in [1.807, 2.05) is 36.4 Å². The lowest BCUT2D eigenvalue weighted by atomic mass is 10.1. The van der Waals surface area contributed by atoms with Gasteiger partial charge >= 0.3 is 0 Å². The molecule has 0 aliphatic carbocycles. The monoisotopic (exact) mass is 284 g/mol. The van der Waals surface area contributed by atoms with Crippen molar-refractivity contribution >= 4 is 5.82 Å². The highest BCUT2D eigenvalue weighted by Gasteiger charge is 2.20. The molecule has 0 unspecified atom stereocenters. The van der Waals surface area contributed by atoms with E-state index in [1.165, 1.54) is 0 Å². The van der Waals surface area contributed by atoms with E-state index in [2.05, 4.69) is 27.0 Å². The standard InChI is InChI=1S/C16H20N4O/c1-19-8-10-20(11-9-19)16-15(21-2)12-14(17-18-16)13-6-4-3-5-7-13/h3-7,12H,8-11H2,1-2H3. The van der Waals surface area contributed by atoms with Gasteiger partial charge in [-0.05, 0) is 7.05 Å². The van der Waals surface area contributed by atoms with Crippen LogP contribution >= 0.6 is 0 Å². The third-order valence-electron chi connectivity index (χ3n) is 3.83. The topological polar surface area (TPSA) is 41.5 Å². The molecule has 0 N–H and O–H groups in total. The first-order valence-electron chi connectivity index (χ1n) is 7.18. The summed E-state index contributed by atoms with van der Waals surface area (Å²) in [5.41, 5.74) is 1.89. The number of ether oxygens (including phenoxy) is 1. The fraction of sp³-hybridized carbons (Fsp3) is 0.375. The van der Waals surface area contributed by atoms with Crippen LogP contribution in [0.2, 0.25) is 0 Å². The smallest absolute Gasteiger partial charge is 0.193 e. The minimum absolute atomic E-state index is 0.786. The summed E-state index contributed by atoms with van der Waals surface area (Å²) in [6, 6.07) is 12.0. The number of nitrogens with zero attached hydrogens (tertiary/aromatic N) is 4. The predicted octanol–water partition coefficient (Wildman–Crippen LogP) is 1.90. The minimum atomic E-state index is 0.786. The average molecular weight is 284 g/mol. The number of rotatable bonds is 3. The van der Waals surface area contributed by atoms with Crippen molar-refractivity contribution in [2.45, 2.75) is 0 Å².